The Kier molecular flexibility index (Phi) is 6.89. The third kappa shape index (κ3) is 4.92. The van der Waals surface area contributed by atoms with E-state index in [1.807, 2.05) is 0 Å². The van der Waals surface area contributed by atoms with E-state index in [1.54, 1.807) is 30.3 Å². The fourth-order valence-electron chi connectivity index (χ4n) is 3.49. The molecule has 178 valence electrons. The van der Waals surface area contributed by atoms with Crippen LogP contribution in [-0.4, -0.2) is 67.3 Å². The van der Waals surface area contributed by atoms with Crippen LogP contribution in [-0.2, 0) is 19.1 Å². The summed E-state index contributed by atoms with van der Waals surface area (Å²) < 4.78 is 26.8. The van der Waals surface area contributed by atoms with Crippen molar-refractivity contribution >= 4 is 34.6 Å². The number of benzene rings is 1. The van der Waals surface area contributed by atoms with E-state index in [0.29, 0.717) is 5.56 Å². The lowest BCUT2D eigenvalue weighted by Crippen LogP contribution is -2.32. The molecule has 34 heavy (non-hydrogen) atoms. The van der Waals surface area contributed by atoms with Gasteiger partial charge in [-0.15, -0.1) is 0 Å². The molecule has 1 aliphatic rings. The first-order chi connectivity index (χ1) is 16.3. The van der Waals surface area contributed by atoms with Crippen molar-refractivity contribution in [2.24, 2.45) is 0 Å². The maximum atomic E-state index is 14.9. The number of aliphatic hydroxyl groups is 1. The van der Waals surface area contributed by atoms with Crippen molar-refractivity contribution in [3.8, 4) is 0 Å². The number of anilines is 1. The lowest BCUT2D eigenvalue weighted by Gasteiger charge is -2.15. The minimum Gasteiger partial charge on any atom is -0.463 e. The molecule has 0 unspecified atom stereocenters. The van der Waals surface area contributed by atoms with Crippen LogP contribution in [0, 0.1) is 0 Å². The largest absolute Gasteiger partial charge is 0.463 e. The van der Waals surface area contributed by atoms with Crippen molar-refractivity contribution in [2.45, 2.75) is 44.4 Å². The third-order valence-corrected chi connectivity index (χ3v) is 5.28. The summed E-state index contributed by atoms with van der Waals surface area (Å²) in [5.41, 5.74) is 0.800. The molecule has 1 fully saturated rings. The number of ketones is 1. The summed E-state index contributed by atoms with van der Waals surface area (Å²) in [7, 11) is 0. The number of aliphatic hydroxyl groups excluding tert-OH is 1. The maximum Gasteiger partial charge on any atom is 0.306 e. The number of ether oxygens (including phenoxy) is 2. The number of hydrogen-bond acceptors (Lipinski definition) is 9. The molecule has 4 atom stereocenters. The molecule has 0 aliphatic carbocycles. The highest BCUT2D eigenvalue weighted by molar-refractivity contribution is 6.06. The Bertz CT molecular complexity index is 1200. The van der Waals surface area contributed by atoms with E-state index in [2.05, 4.69) is 20.3 Å². The number of esters is 1. The topological polar surface area (TPSA) is 146 Å². The zero-order valence-corrected chi connectivity index (χ0v) is 18.1. The predicted octanol–water partition coefficient (Wildman–Crippen LogP) is 1.59. The number of fused-ring (bicyclic) bond motifs is 1. The monoisotopic (exact) mass is 471 g/mol. The number of aromatic nitrogens is 4. The number of halogens is 1. The smallest absolute Gasteiger partial charge is 0.306 e. The first kappa shape index (κ1) is 23.4. The zero-order chi connectivity index (χ0) is 24.2. The molecule has 12 heteroatoms. The Morgan fingerprint density at radius 2 is 1.94 bits per heavy atom. The number of nitrogens with zero attached hydrogens (tertiary/aromatic N) is 4. The van der Waals surface area contributed by atoms with Gasteiger partial charge in [0.1, 0.15) is 30.9 Å². The number of amides is 1. The van der Waals surface area contributed by atoms with Gasteiger partial charge in [0.05, 0.1) is 12.7 Å². The predicted molar refractivity (Wildman–Crippen MR) is 115 cm³/mol. The molecule has 0 spiro atoms. The average molecular weight is 471 g/mol. The van der Waals surface area contributed by atoms with Crippen LogP contribution in [0.3, 0.4) is 0 Å². The van der Waals surface area contributed by atoms with Gasteiger partial charge in [-0.25, -0.2) is 19.3 Å². The number of imidazole rings is 1. The van der Waals surface area contributed by atoms with E-state index in [9.17, 15) is 23.9 Å². The Balaban J connectivity index is 1.48. The Hall–Kier alpha value is -3.77. The van der Waals surface area contributed by atoms with Crippen LogP contribution >= 0.6 is 0 Å². The number of alkyl halides is 1. The van der Waals surface area contributed by atoms with E-state index >= 15 is 0 Å². The molecule has 0 bridgehead atoms. The fraction of sp³-hybridized carbons (Fsp3) is 0.364. The quantitative estimate of drug-likeness (QED) is 0.468. The molecular weight excluding hydrogens is 449 g/mol. The Morgan fingerprint density at radius 1 is 1.18 bits per heavy atom. The standard InChI is InChI=1S/C22H22FN5O6/c1-12(29)7-8-15(30)33-9-14-18(31)16(23)22(34-14)28-11-26-17-19(24-10-25-20(17)28)27-21(32)13-5-3-2-4-6-13/h2-6,10-11,14,16,18,22,31H,7-9H2,1H3,(H,24,25,27,32)/t14-,16-,18-,22-/m1/s1. The van der Waals surface area contributed by atoms with Crippen LogP contribution in [0.5, 0.6) is 0 Å². The second-order valence-corrected chi connectivity index (χ2v) is 7.75. The second-order valence-electron chi connectivity index (χ2n) is 7.75. The van der Waals surface area contributed by atoms with Gasteiger partial charge < -0.3 is 24.7 Å². The highest BCUT2D eigenvalue weighted by atomic mass is 19.1. The number of hydrogen-bond donors (Lipinski definition) is 2. The average Bonchev–Trinajstić information content (AvgIpc) is 3.38. The summed E-state index contributed by atoms with van der Waals surface area (Å²) >= 11 is 0. The molecule has 11 nitrogen and oxygen atoms in total. The Labute approximate surface area is 192 Å². The minimum atomic E-state index is -1.87. The second kappa shape index (κ2) is 10.0. The molecule has 1 aliphatic heterocycles. The molecule has 4 rings (SSSR count). The van der Waals surface area contributed by atoms with Crippen molar-refractivity contribution in [3.63, 3.8) is 0 Å². The summed E-state index contributed by atoms with van der Waals surface area (Å²) in [5.74, 6) is -1.09. The van der Waals surface area contributed by atoms with E-state index in [0.717, 1.165) is 0 Å². The normalized spacial score (nSPS) is 22.0. The van der Waals surface area contributed by atoms with Gasteiger partial charge >= 0.3 is 5.97 Å². The summed E-state index contributed by atoms with van der Waals surface area (Å²) in [6, 6.07) is 8.51. The van der Waals surface area contributed by atoms with Crippen LogP contribution < -0.4 is 5.32 Å². The molecule has 3 aromatic rings. The molecule has 1 amide bonds. The number of rotatable bonds is 8. The Morgan fingerprint density at radius 3 is 2.68 bits per heavy atom. The van der Waals surface area contributed by atoms with Gasteiger partial charge in [0.2, 0.25) is 0 Å². The zero-order valence-electron chi connectivity index (χ0n) is 18.1. The number of carbonyl (C=O) groups is 3. The first-order valence-corrected chi connectivity index (χ1v) is 10.5. The fourth-order valence-corrected chi connectivity index (χ4v) is 3.49. The van der Waals surface area contributed by atoms with Crippen molar-refractivity contribution in [1.82, 2.24) is 19.5 Å². The SMILES string of the molecule is CC(=O)CCC(=O)OC[C@H]1O[C@@H](n2cnc3c(NC(=O)c4ccccc4)ncnc32)[C@H](F)[C@@H]1O. The highest BCUT2D eigenvalue weighted by Gasteiger charge is 2.46. The number of carbonyl (C=O) groups excluding carboxylic acids is 3. The van der Waals surface area contributed by atoms with Crippen molar-refractivity contribution < 1.29 is 33.4 Å². The van der Waals surface area contributed by atoms with Crippen molar-refractivity contribution in [2.75, 3.05) is 11.9 Å². The molecule has 0 saturated carbocycles. The van der Waals surface area contributed by atoms with Crippen LogP contribution in [0.25, 0.3) is 11.2 Å². The van der Waals surface area contributed by atoms with E-state index < -0.39 is 36.5 Å². The van der Waals surface area contributed by atoms with Gasteiger partial charge in [0.15, 0.2) is 29.4 Å². The number of Topliss-reactive ketones (excluding diaryl/α,β-unsaturated/α-hetero) is 1. The van der Waals surface area contributed by atoms with Gasteiger partial charge in [0, 0.05) is 12.0 Å². The minimum absolute atomic E-state index is 0.0329. The van der Waals surface area contributed by atoms with Crippen molar-refractivity contribution in [1.29, 1.82) is 0 Å². The number of nitrogens with one attached hydrogen (secondary N) is 1. The first-order valence-electron chi connectivity index (χ1n) is 10.5. The van der Waals surface area contributed by atoms with Gasteiger partial charge in [-0.1, -0.05) is 18.2 Å². The molecule has 1 aromatic carbocycles. The van der Waals surface area contributed by atoms with Crippen LogP contribution in [0.15, 0.2) is 43.0 Å². The van der Waals surface area contributed by atoms with Crippen LogP contribution in [0.2, 0.25) is 0 Å². The summed E-state index contributed by atoms with van der Waals surface area (Å²) in [6.45, 7) is 0.974. The lowest BCUT2D eigenvalue weighted by molar-refractivity contribution is -0.150. The molecular formula is C22H22FN5O6. The van der Waals surface area contributed by atoms with E-state index in [-0.39, 0.29) is 42.2 Å². The highest BCUT2D eigenvalue weighted by Crippen LogP contribution is 2.34. The molecule has 2 aromatic heterocycles. The summed E-state index contributed by atoms with van der Waals surface area (Å²) in [5, 5.41) is 12.9. The van der Waals surface area contributed by atoms with Gasteiger partial charge in [-0.05, 0) is 19.1 Å². The van der Waals surface area contributed by atoms with E-state index in [1.165, 1.54) is 24.1 Å². The van der Waals surface area contributed by atoms with Crippen LogP contribution in [0.1, 0.15) is 36.4 Å². The molecule has 0 radical (unpaired) electrons. The van der Waals surface area contributed by atoms with Gasteiger partial charge in [-0.2, -0.15) is 0 Å². The summed E-state index contributed by atoms with van der Waals surface area (Å²) in [4.78, 5) is 47.6. The molecule has 1 saturated heterocycles. The summed E-state index contributed by atoms with van der Waals surface area (Å²) in [6.07, 6.45) is -3.48. The third-order valence-electron chi connectivity index (χ3n) is 5.28. The van der Waals surface area contributed by atoms with E-state index in [4.69, 9.17) is 9.47 Å². The maximum absolute atomic E-state index is 14.9. The molecule has 3 heterocycles. The van der Waals surface area contributed by atoms with Gasteiger partial charge in [0.25, 0.3) is 5.91 Å². The molecule has 2 N–H and O–H groups in total. The van der Waals surface area contributed by atoms with Gasteiger partial charge in [-0.3, -0.25) is 14.2 Å². The van der Waals surface area contributed by atoms with Crippen LogP contribution in [0.4, 0.5) is 10.2 Å². The van der Waals surface area contributed by atoms with Crippen molar-refractivity contribution in [3.05, 3.63) is 48.5 Å². The lowest BCUT2D eigenvalue weighted by atomic mass is 10.1.